The van der Waals surface area contributed by atoms with E-state index in [2.05, 4.69) is 36.5 Å². The first kappa shape index (κ1) is 21.0. The van der Waals surface area contributed by atoms with Gasteiger partial charge in [-0.05, 0) is 0 Å². The van der Waals surface area contributed by atoms with Gasteiger partial charge in [-0.1, -0.05) is 25.7 Å². The van der Waals surface area contributed by atoms with Gasteiger partial charge < -0.3 is 24.8 Å². The summed E-state index contributed by atoms with van der Waals surface area (Å²) >= 11 is 0. The van der Waals surface area contributed by atoms with Gasteiger partial charge in [-0.3, -0.25) is 0 Å². The normalized spacial score (nSPS) is 18.7. The summed E-state index contributed by atoms with van der Waals surface area (Å²) in [5, 5.41) is 0. The SMILES string of the molecule is C1=C[C-]2CC=C1C2.C1=C[C-]2CC=C1C2.[Cl-].[Cl-].[Pt+2].[Pt+2]. The Labute approximate surface area is 151 Å². The maximum absolute atomic E-state index is 2.30. The third kappa shape index (κ3) is 4.97. The quantitative estimate of drug-likeness (QED) is 0.261. The fraction of sp³-hybridized carbons (Fsp3) is 0.286. The topological polar surface area (TPSA) is 0 Å². The van der Waals surface area contributed by atoms with Crippen molar-refractivity contribution in [1.82, 2.24) is 0 Å². The molecular weight excluding hydrogens is 629 g/mol. The molecule has 0 amide bonds. The molecule has 4 aliphatic rings. The van der Waals surface area contributed by atoms with Crippen molar-refractivity contribution in [2.45, 2.75) is 25.7 Å². The van der Waals surface area contributed by atoms with Gasteiger partial charge in [-0.2, -0.15) is 0 Å². The monoisotopic (exact) mass is 642 g/mol. The number of halogens is 2. The standard InChI is InChI=1S/2C7H7.2ClH.2Pt/c2*1-2-7-4-3-6(1)5-7;;;;/h2*1-3H,4-5H2;2*1H;;/q2*-1;;;2*+2/p-2. The van der Waals surface area contributed by atoms with E-state index < -0.39 is 0 Å². The summed E-state index contributed by atoms with van der Waals surface area (Å²) in [6, 6.07) is 0. The molecule has 0 aliphatic heterocycles. The van der Waals surface area contributed by atoms with Gasteiger partial charge in [0.05, 0.1) is 0 Å². The van der Waals surface area contributed by atoms with Gasteiger partial charge in [-0.15, -0.1) is 23.3 Å². The second-order valence-corrected chi connectivity index (χ2v) is 4.30. The van der Waals surface area contributed by atoms with E-state index in [1.54, 1.807) is 11.8 Å². The van der Waals surface area contributed by atoms with Crippen LogP contribution in [0.25, 0.3) is 0 Å². The number of hydrogen-bond donors (Lipinski definition) is 0. The molecule has 0 nitrogen and oxygen atoms in total. The van der Waals surface area contributed by atoms with E-state index in [0.29, 0.717) is 0 Å². The van der Waals surface area contributed by atoms with Crippen molar-refractivity contribution < 1.29 is 66.9 Å². The van der Waals surface area contributed by atoms with Crippen molar-refractivity contribution >= 4 is 0 Å². The summed E-state index contributed by atoms with van der Waals surface area (Å²) in [6.07, 6.45) is 18.4. The van der Waals surface area contributed by atoms with Crippen molar-refractivity contribution in [2.75, 3.05) is 0 Å². The fourth-order valence-electron chi connectivity index (χ4n) is 2.30. The van der Waals surface area contributed by atoms with Crippen LogP contribution in [0.3, 0.4) is 0 Å². The Morgan fingerprint density at radius 1 is 0.722 bits per heavy atom. The molecule has 0 saturated heterocycles. The van der Waals surface area contributed by atoms with Gasteiger partial charge >= 0.3 is 42.1 Å². The molecular formula is C14H14Cl2Pt2. The van der Waals surface area contributed by atoms with Crippen molar-refractivity contribution in [2.24, 2.45) is 0 Å². The molecule has 0 heterocycles. The largest absolute Gasteiger partial charge is 2.00 e. The minimum absolute atomic E-state index is 0. The first-order valence-corrected chi connectivity index (χ1v) is 5.34. The van der Waals surface area contributed by atoms with E-state index in [4.69, 9.17) is 0 Å². The molecule has 4 rings (SSSR count). The molecule has 0 fully saturated rings. The molecule has 18 heavy (non-hydrogen) atoms. The van der Waals surface area contributed by atoms with Crippen LogP contribution in [-0.2, 0) is 42.1 Å². The van der Waals surface area contributed by atoms with Crippen LogP contribution < -0.4 is 24.8 Å². The fourth-order valence-corrected chi connectivity index (χ4v) is 2.30. The van der Waals surface area contributed by atoms with E-state index in [0.717, 1.165) is 0 Å². The molecule has 0 spiro atoms. The van der Waals surface area contributed by atoms with Crippen LogP contribution in [0, 0.1) is 11.8 Å². The maximum atomic E-state index is 2.30. The smallest absolute Gasteiger partial charge is 1.00 e. The molecule has 0 aromatic heterocycles. The van der Waals surface area contributed by atoms with E-state index in [1.165, 1.54) is 36.8 Å². The third-order valence-electron chi connectivity index (χ3n) is 3.18. The maximum Gasteiger partial charge on any atom is 2.00 e. The Bertz CT molecular complexity index is 334. The summed E-state index contributed by atoms with van der Waals surface area (Å²) in [7, 11) is 0. The minimum Gasteiger partial charge on any atom is -1.00 e. The molecule has 0 saturated carbocycles. The van der Waals surface area contributed by atoms with Crippen molar-refractivity contribution in [1.29, 1.82) is 0 Å². The predicted molar refractivity (Wildman–Crippen MR) is 59.4 cm³/mol. The Morgan fingerprint density at radius 3 is 1.17 bits per heavy atom. The minimum atomic E-state index is 0. The Morgan fingerprint density at radius 2 is 1.11 bits per heavy atom. The second kappa shape index (κ2) is 9.54. The summed E-state index contributed by atoms with van der Waals surface area (Å²) < 4.78 is 0. The zero-order valence-corrected chi connectivity index (χ0v) is 15.7. The summed E-state index contributed by atoms with van der Waals surface area (Å²) in [5.74, 6) is 3.19. The molecule has 4 aliphatic carbocycles. The van der Waals surface area contributed by atoms with Gasteiger partial charge in [0, 0.05) is 0 Å². The first-order chi connectivity index (χ1) is 6.90. The van der Waals surface area contributed by atoms with Crippen molar-refractivity contribution in [3.63, 3.8) is 0 Å². The van der Waals surface area contributed by atoms with Crippen LogP contribution in [0.15, 0.2) is 47.6 Å². The first-order valence-electron chi connectivity index (χ1n) is 5.34. The Kier molecular flexibility index (Phi) is 11.1. The number of rotatable bonds is 0. The van der Waals surface area contributed by atoms with Crippen LogP contribution >= 0.6 is 0 Å². The second-order valence-electron chi connectivity index (χ2n) is 4.30. The van der Waals surface area contributed by atoms with Gasteiger partial charge in [0.1, 0.15) is 0 Å². The molecule has 104 valence electrons. The molecule has 0 aromatic carbocycles. The molecule has 0 aromatic rings. The zero-order chi connectivity index (χ0) is 9.38. The van der Waals surface area contributed by atoms with Gasteiger partial charge in [0.25, 0.3) is 0 Å². The van der Waals surface area contributed by atoms with Gasteiger partial charge in [0.15, 0.2) is 0 Å². The van der Waals surface area contributed by atoms with E-state index in [-0.39, 0.29) is 66.9 Å². The molecule has 0 unspecified atom stereocenters. The average molecular weight is 643 g/mol. The summed E-state index contributed by atoms with van der Waals surface area (Å²) in [6.45, 7) is 0. The average Bonchev–Trinajstić information content (AvgIpc) is 3.01. The number of fused-ring (bicyclic) bond motifs is 4. The Balaban J connectivity index is 0. The summed E-state index contributed by atoms with van der Waals surface area (Å²) in [4.78, 5) is 0. The third-order valence-corrected chi connectivity index (χ3v) is 3.18. The van der Waals surface area contributed by atoms with Crippen molar-refractivity contribution in [3.05, 3.63) is 59.4 Å². The van der Waals surface area contributed by atoms with Gasteiger partial charge in [-0.25, -0.2) is 36.1 Å². The molecule has 0 N–H and O–H groups in total. The molecule has 4 heteroatoms. The number of hydrogen-bond acceptors (Lipinski definition) is 0. The van der Waals surface area contributed by atoms with E-state index in [1.807, 2.05) is 0 Å². The van der Waals surface area contributed by atoms with Crippen LogP contribution in [0.5, 0.6) is 0 Å². The van der Waals surface area contributed by atoms with Crippen LogP contribution in [-0.4, -0.2) is 0 Å². The van der Waals surface area contributed by atoms with E-state index in [9.17, 15) is 0 Å². The molecule has 0 radical (unpaired) electrons. The predicted octanol–water partition coefficient (Wildman–Crippen LogP) is -2.30. The van der Waals surface area contributed by atoms with Crippen molar-refractivity contribution in [3.8, 4) is 0 Å². The molecule has 4 bridgehead atoms. The summed E-state index contributed by atoms with van der Waals surface area (Å²) in [5.41, 5.74) is 3.05. The number of allylic oxidation sites excluding steroid dienone is 8. The van der Waals surface area contributed by atoms with Crippen LogP contribution in [0.4, 0.5) is 0 Å². The van der Waals surface area contributed by atoms with Crippen LogP contribution in [0.1, 0.15) is 25.7 Å². The van der Waals surface area contributed by atoms with Gasteiger partial charge in [0.2, 0.25) is 0 Å². The molecule has 0 atom stereocenters. The Hall–Kier alpha value is 0.657. The van der Waals surface area contributed by atoms with Crippen LogP contribution in [0.2, 0.25) is 0 Å². The zero-order valence-electron chi connectivity index (χ0n) is 9.68. The van der Waals surface area contributed by atoms with E-state index >= 15 is 0 Å².